The highest BCUT2D eigenvalue weighted by molar-refractivity contribution is 5.86. The van der Waals surface area contributed by atoms with Gasteiger partial charge in [0.15, 0.2) is 0 Å². The van der Waals surface area contributed by atoms with Crippen molar-refractivity contribution in [3.63, 3.8) is 0 Å². The summed E-state index contributed by atoms with van der Waals surface area (Å²) in [6, 6.07) is 7.67. The van der Waals surface area contributed by atoms with Gasteiger partial charge in [-0.25, -0.2) is 0 Å². The Bertz CT molecular complexity index is 629. The molecule has 1 aromatic carbocycles. The summed E-state index contributed by atoms with van der Waals surface area (Å²) >= 11 is 0. The van der Waals surface area contributed by atoms with Crippen LogP contribution in [0.5, 0.6) is 5.75 Å². The minimum absolute atomic E-state index is 0. The smallest absolute Gasteiger partial charge is 0.240 e. The molecule has 1 unspecified atom stereocenters. The minimum atomic E-state index is -0.828. The van der Waals surface area contributed by atoms with Crippen LogP contribution in [0, 0.1) is 0 Å². The predicted octanol–water partition coefficient (Wildman–Crippen LogP) is 2.28. The normalized spacial score (nSPS) is 16.8. The zero-order valence-electron chi connectivity index (χ0n) is 16.5. The van der Waals surface area contributed by atoms with Crippen LogP contribution in [0.15, 0.2) is 24.3 Å². The monoisotopic (exact) mass is 397 g/mol. The number of nitrogens with one attached hydrogen (secondary N) is 1. The molecule has 1 aromatic rings. The van der Waals surface area contributed by atoms with Gasteiger partial charge in [0.1, 0.15) is 5.75 Å². The number of ether oxygens (including phenoxy) is 1. The summed E-state index contributed by atoms with van der Waals surface area (Å²) in [5.74, 6) is 0.730. The van der Waals surface area contributed by atoms with Gasteiger partial charge in [0.25, 0.3) is 0 Å². The van der Waals surface area contributed by atoms with Gasteiger partial charge in [-0.05, 0) is 32.3 Å². The van der Waals surface area contributed by atoms with Crippen LogP contribution in [0.1, 0.15) is 45.1 Å². The molecule has 0 radical (unpaired) electrons. The molecule has 6 nitrogen and oxygen atoms in total. The van der Waals surface area contributed by atoms with E-state index in [1.54, 1.807) is 14.0 Å². The van der Waals surface area contributed by atoms with Crippen LogP contribution >= 0.6 is 12.4 Å². The van der Waals surface area contributed by atoms with Gasteiger partial charge in [0.05, 0.1) is 19.1 Å². The number of rotatable bonds is 7. The Kier molecular flexibility index (Phi) is 9.06. The summed E-state index contributed by atoms with van der Waals surface area (Å²) in [7, 11) is 1.61. The van der Waals surface area contributed by atoms with Gasteiger partial charge in [-0.15, -0.1) is 12.4 Å². The maximum atomic E-state index is 12.6. The third kappa shape index (κ3) is 6.40. The lowest BCUT2D eigenvalue weighted by atomic mass is 9.95. The number of hydrogen-bond acceptors (Lipinski definition) is 4. The van der Waals surface area contributed by atoms with E-state index in [1.807, 2.05) is 36.1 Å². The zero-order chi connectivity index (χ0) is 19.2. The quantitative estimate of drug-likeness (QED) is 0.739. The standard InChI is InChI=1S/C20H31N3O3.ClH/c1-4-11-20(2,21)19(25)22-16-9-12-23(13-10-16)18(24)14-15-7-5-6-8-17(15)26-3;/h5-8,16H,4,9-14,21H2,1-3H3,(H,22,25);1H. The Labute approximate surface area is 168 Å². The molecule has 152 valence electrons. The number of hydrogen-bond donors (Lipinski definition) is 2. The number of likely N-dealkylation sites (tertiary alicyclic amines) is 1. The van der Waals surface area contributed by atoms with Crippen molar-refractivity contribution in [2.24, 2.45) is 5.73 Å². The van der Waals surface area contributed by atoms with Crippen molar-refractivity contribution in [2.75, 3.05) is 20.2 Å². The maximum Gasteiger partial charge on any atom is 0.240 e. The van der Waals surface area contributed by atoms with Gasteiger partial charge in [-0.2, -0.15) is 0 Å². The first-order chi connectivity index (χ1) is 12.4. The first kappa shape index (κ1) is 23.2. The van der Waals surface area contributed by atoms with E-state index in [4.69, 9.17) is 10.5 Å². The Morgan fingerprint density at radius 2 is 1.93 bits per heavy atom. The Balaban J connectivity index is 0.00000364. The number of nitrogens with zero attached hydrogens (tertiary/aromatic N) is 1. The van der Waals surface area contributed by atoms with Crippen molar-refractivity contribution in [1.82, 2.24) is 10.2 Å². The molecular formula is C20H32ClN3O3. The molecule has 27 heavy (non-hydrogen) atoms. The van der Waals surface area contributed by atoms with E-state index in [9.17, 15) is 9.59 Å². The molecule has 0 spiro atoms. The summed E-state index contributed by atoms with van der Waals surface area (Å²) in [5, 5.41) is 3.05. The van der Waals surface area contributed by atoms with Gasteiger partial charge >= 0.3 is 0 Å². The van der Waals surface area contributed by atoms with Crippen molar-refractivity contribution in [3.8, 4) is 5.75 Å². The molecule has 3 N–H and O–H groups in total. The molecule has 0 bridgehead atoms. The summed E-state index contributed by atoms with van der Waals surface area (Å²) < 4.78 is 5.32. The molecule has 1 heterocycles. The summed E-state index contributed by atoms with van der Waals surface area (Å²) in [6.07, 6.45) is 3.38. The SMILES string of the molecule is CCCC(C)(N)C(=O)NC1CCN(C(=O)Cc2ccccc2OC)CC1.Cl. The number of nitrogens with two attached hydrogens (primary N) is 1. The average molecular weight is 398 g/mol. The lowest BCUT2D eigenvalue weighted by molar-refractivity contribution is -0.132. The number of para-hydroxylation sites is 1. The third-order valence-electron chi connectivity index (χ3n) is 5.01. The fourth-order valence-corrected chi connectivity index (χ4v) is 3.38. The topological polar surface area (TPSA) is 84.7 Å². The number of carbonyl (C=O) groups excluding carboxylic acids is 2. The van der Waals surface area contributed by atoms with Crippen molar-refractivity contribution >= 4 is 24.2 Å². The number of carbonyl (C=O) groups is 2. The molecule has 2 amide bonds. The molecule has 1 saturated heterocycles. The molecule has 0 aliphatic carbocycles. The zero-order valence-corrected chi connectivity index (χ0v) is 17.3. The van der Waals surface area contributed by atoms with E-state index >= 15 is 0 Å². The van der Waals surface area contributed by atoms with Crippen LogP contribution < -0.4 is 15.8 Å². The van der Waals surface area contributed by atoms with E-state index in [2.05, 4.69) is 5.32 Å². The number of methoxy groups -OCH3 is 1. The van der Waals surface area contributed by atoms with Crippen LogP contribution in [0.2, 0.25) is 0 Å². The second-order valence-electron chi connectivity index (χ2n) is 7.28. The van der Waals surface area contributed by atoms with E-state index in [0.29, 0.717) is 25.9 Å². The fraction of sp³-hybridized carbons (Fsp3) is 0.600. The Morgan fingerprint density at radius 3 is 2.52 bits per heavy atom. The van der Waals surface area contributed by atoms with Crippen LogP contribution in [-0.2, 0) is 16.0 Å². The van der Waals surface area contributed by atoms with Crippen molar-refractivity contribution in [3.05, 3.63) is 29.8 Å². The third-order valence-corrected chi connectivity index (χ3v) is 5.01. The van der Waals surface area contributed by atoms with E-state index in [-0.39, 0.29) is 30.3 Å². The lowest BCUT2D eigenvalue weighted by Crippen LogP contribution is -2.56. The fourth-order valence-electron chi connectivity index (χ4n) is 3.38. The second-order valence-corrected chi connectivity index (χ2v) is 7.28. The minimum Gasteiger partial charge on any atom is -0.496 e. The van der Waals surface area contributed by atoms with E-state index in [1.165, 1.54) is 0 Å². The highest BCUT2D eigenvalue weighted by atomic mass is 35.5. The Morgan fingerprint density at radius 1 is 1.30 bits per heavy atom. The van der Waals surface area contributed by atoms with Crippen LogP contribution in [-0.4, -0.2) is 48.5 Å². The van der Waals surface area contributed by atoms with Gasteiger partial charge in [-0.3, -0.25) is 9.59 Å². The maximum absolute atomic E-state index is 12.6. The molecule has 1 aliphatic heterocycles. The van der Waals surface area contributed by atoms with Crippen molar-refractivity contribution in [1.29, 1.82) is 0 Å². The highest BCUT2D eigenvalue weighted by Crippen LogP contribution is 2.20. The number of halogens is 1. The largest absolute Gasteiger partial charge is 0.496 e. The summed E-state index contributed by atoms with van der Waals surface area (Å²) in [4.78, 5) is 26.8. The number of benzene rings is 1. The summed E-state index contributed by atoms with van der Waals surface area (Å²) in [5.41, 5.74) is 6.16. The van der Waals surface area contributed by atoms with Gasteiger partial charge < -0.3 is 20.7 Å². The van der Waals surface area contributed by atoms with Gasteiger partial charge in [0.2, 0.25) is 11.8 Å². The molecule has 1 fully saturated rings. The van der Waals surface area contributed by atoms with Crippen LogP contribution in [0.3, 0.4) is 0 Å². The molecule has 7 heteroatoms. The molecule has 1 aliphatic rings. The molecule has 2 rings (SSSR count). The van der Waals surface area contributed by atoms with E-state index in [0.717, 1.165) is 30.6 Å². The summed E-state index contributed by atoms with van der Waals surface area (Å²) in [6.45, 7) is 5.09. The second kappa shape index (κ2) is 10.5. The van der Waals surface area contributed by atoms with Gasteiger partial charge in [0, 0.05) is 24.7 Å². The number of amides is 2. The predicted molar refractivity (Wildman–Crippen MR) is 109 cm³/mol. The molecule has 1 atom stereocenters. The lowest BCUT2D eigenvalue weighted by Gasteiger charge is -2.34. The highest BCUT2D eigenvalue weighted by Gasteiger charge is 2.31. The first-order valence-electron chi connectivity index (χ1n) is 9.37. The van der Waals surface area contributed by atoms with Crippen LogP contribution in [0.4, 0.5) is 0 Å². The average Bonchev–Trinajstić information content (AvgIpc) is 2.62. The molecular weight excluding hydrogens is 366 g/mol. The van der Waals surface area contributed by atoms with Crippen LogP contribution in [0.25, 0.3) is 0 Å². The molecule has 0 saturated carbocycles. The Hall–Kier alpha value is -1.79. The number of piperidine rings is 1. The van der Waals surface area contributed by atoms with Crippen molar-refractivity contribution in [2.45, 2.75) is 57.5 Å². The first-order valence-corrected chi connectivity index (χ1v) is 9.37. The van der Waals surface area contributed by atoms with Gasteiger partial charge in [-0.1, -0.05) is 31.5 Å². The van der Waals surface area contributed by atoms with E-state index < -0.39 is 5.54 Å². The van der Waals surface area contributed by atoms with Crippen molar-refractivity contribution < 1.29 is 14.3 Å². The molecule has 0 aromatic heterocycles.